The summed E-state index contributed by atoms with van der Waals surface area (Å²) in [7, 11) is 0. The minimum absolute atomic E-state index is 0.0630. The van der Waals surface area contributed by atoms with Gasteiger partial charge in [0.1, 0.15) is 6.34 Å². The van der Waals surface area contributed by atoms with Crippen molar-refractivity contribution in [1.29, 1.82) is 0 Å². The van der Waals surface area contributed by atoms with Gasteiger partial charge in [0.15, 0.2) is 6.17 Å². The summed E-state index contributed by atoms with van der Waals surface area (Å²) in [5.41, 5.74) is 0. The predicted octanol–water partition coefficient (Wildman–Crippen LogP) is 4.14. The van der Waals surface area contributed by atoms with E-state index < -0.39 is 14.3 Å². The van der Waals surface area contributed by atoms with Gasteiger partial charge in [-0.1, -0.05) is 58.0 Å². The zero-order chi connectivity index (χ0) is 12.7. The Bertz CT molecular complexity index is 290. The largest absolute Gasteiger partial charge is 0.271 e. The van der Waals surface area contributed by atoms with Crippen molar-refractivity contribution >= 4 is 80.5 Å². The first-order chi connectivity index (χ1) is 7.09. The van der Waals surface area contributed by atoms with E-state index in [9.17, 15) is 0 Å². The zero-order valence-electron chi connectivity index (χ0n) is 8.34. The summed E-state index contributed by atoms with van der Waals surface area (Å²) in [5, 5.41) is 5.77. The molecule has 0 aromatic carbocycles. The molecule has 0 amide bonds. The summed E-state index contributed by atoms with van der Waals surface area (Å²) >= 11 is 32.8. The van der Waals surface area contributed by atoms with Crippen molar-refractivity contribution in [2.24, 2.45) is 5.10 Å². The molecule has 1 rings (SSSR count). The van der Waals surface area contributed by atoms with Crippen molar-refractivity contribution in [3.8, 4) is 0 Å². The second-order valence-electron chi connectivity index (χ2n) is 3.54. The minimum atomic E-state index is -1.84. The van der Waals surface area contributed by atoms with E-state index in [2.05, 4.69) is 21.2 Å². The van der Waals surface area contributed by atoms with Gasteiger partial charge in [-0.05, 0) is 13.8 Å². The molecule has 0 bridgehead atoms. The smallest absolute Gasteiger partial charge is 0.227 e. The number of hydrazone groups is 1. The van der Waals surface area contributed by atoms with E-state index in [0.717, 1.165) is 0 Å². The van der Waals surface area contributed by atoms with Crippen molar-refractivity contribution in [3.63, 3.8) is 0 Å². The van der Waals surface area contributed by atoms with E-state index in [1.54, 1.807) is 5.01 Å². The van der Waals surface area contributed by atoms with Crippen LogP contribution in [0.15, 0.2) is 5.10 Å². The molecule has 9 heteroatoms. The summed E-state index contributed by atoms with van der Waals surface area (Å²) in [4.78, 5) is 0. The minimum Gasteiger partial charge on any atom is -0.271 e. The fourth-order valence-corrected chi connectivity index (χ4v) is 2.75. The third-order valence-electron chi connectivity index (χ3n) is 2.01. The van der Waals surface area contributed by atoms with Gasteiger partial charge in [-0.2, -0.15) is 5.10 Å². The Kier molecular flexibility index (Phi) is 4.82. The first-order valence-electron chi connectivity index (χ1n) is 4.30. The summed E-state index contributed by atoms with van der Waals surface area (Å²) in [6.07, 6.45) is 0.906. The molecule has 0 fully saturated rings. The van der Waals surface area contributed by atoms with Crippen LogP contribution in [-0.4, -0.2) is 35.6 Å². The average molecular weight is 392 g/mol. The maximum absolute atomic E-state index is 6.13. The van der Waals surface area contributed by atoms with Gasteiger partial charge in [0.05, 0.1) is 16.1 Å². The fraction of sp³-hybridized carbons (Fsp3) is 0.857. The van der Waals surface area contributed by atoms with E-state index >= 15 is 0 Å². The highest BCUT2D eigenvalue weighted by Crippen LogP contribution is 2.51. The van der Waals surface area contributed by atoms with Crippen molar-refractivity contribution in [1.82, 2.24) is 8.93 Å². The lowest BCUT2D eigenvalue weighted by molar-refractivity contribution is 0.128. The molecule has 0 saturated heterocycles. The predicted molar refractivity (Wildman–Crippen MR) is 74.7 cm³/mol. The second-order valence-corrected chi connectivity index (χ2v) is 8.03. The standard InChI is InChI=1S/C7H9BrCl5N3/c1-4(2)16-5(15(8)3-14-16)6(9,10)7(11,12)13/h3-5H,1-2H3. The number of nitrogens with zero attached hydrogens (tertiary/aromatic N) is 3. The zero-order valence-corrected chi connectivity index (χ0v) is 13.7. The van der Waals surface area contributed by atoms with Crippen molar-refractivity contribution in [2.45, 2.75) is 34.2 Å². The van der Waals surface area contributed by atoms with Crippen LogP contribution in [0.3, 0.4) is 0 Å². The number of halogens is 6. The SMILES string of the molecule is CC(C)N1N=CN(Br)C1C(Cl)(Cl)C(Cl)(Cl)Cl. The van der Waals surface area contributed by atoms with E-state index in [1.165, 1.54) is 10.3 Å². The number of rotatable bonds is 2. The van der Waals surface area contributed by atoms with Gasteiger partial charge in [0.2, 0.25) is 8.13 Å². The lowest BCUT2D eigenvalue weighted by Crippen LogP contribution is -2.55. The maximum Gasteiger partial charge on any atom is 0.227 e. The van der Waals surface area contributed by atoms with Crippen molar-refractivity contribution < 1.29 is 0 Å². The van der Waals surface area contributed by atoms with Crippen LogP contribution in [-0.2, 0) is 0 Å². The van der Waals surface area contributed by atoms with Gasteiger partial charge in [-0.25, -0.2) is 0 Å². The van der Waals surface area contributed by atoms with Gasteiger partial charge in [0.25, 0.3) is 0 Å². The molecule has 0 aromatic heterocycles. The second kappa shape index (κ2) is 5.06. The highest BCUT2D eigenvalue weighted by molar-refractivity contribution is 9.07. The van der Waals surface area contributed by atoms with E-state index in [1.807, 2.05) is 13.8 Å². The average Bonchev–Trinajstić information content (AvgIpc) is 2.45. The molecule has 1 heterocycles. The van der Waals surface area contributed by atoms with Crippen LogP contribution in [0.25, 0.3) is 0 Å². The van der Waals surface area contributed by atoms with Crippen LogP contribution in [0.1, 0.15) is 13.8 Å². The molecule has 1 aliphatic heterocycles. The molecule has 1 aliphatic rings. The summed E-state index contributed by atoms with van der Waals surface area (Å²) in [6, 6.07) is 0.0630. The molecular weight excluding hydrogens is 383 g/mol. The van der Waals surface area contributed by atoms with Crippen molar-refractivity contribution in [3.05, 3.63) is 0 Å². The Hall–Kier alpha value is 1.20. The monoisotopic (exact) mass is 389 g/mol. The molecule has 0 N–H and O–H groups in total. The van der Waals surface area contributed by atoms with Crippen LogP contribution in [0.4, 0.5) is 0 Å². The van der Waals surface area contributed by atoms with Crippen LogP contribution >= 0.6 is 74.2 Å². The lowest BCUT2D eigenvalue weighted by Gasteiger charge is -2.40. The molecule has 1 unspecified atom stereocenters. The molecule has 0 aliphatic carbocycles. The molecule has 1 atom stereocenters. The Balaban J connectivity index is 3.02. The quantitative estimate of drug-likeness (QED) is 0.520. The first kappa shape index (κ1) is 15.3. The fourth-order valence-electron chi connectivity index (χ4n) is 1.23. The summed E-state index contributed by atoms with van der Waals surface area (Å²) in [5.74, 6) is 0. The highest BCUT2D eigenvalue weighted by Gasteiger charge is 2.57. The van der Waals surface area contributed by atoms with Gasteiger partial charge in [0, 0.05) is 6.04 Å². The Morgan fingerprint density at radius 2 is 1.75 bits per heavy atom. The van der Waals surface area contributed by atoms with E-state index in [0.29, 0.717) is 0 Å². The van der Waals surface area contributed by atoms with E-state index in [4.69, 9.17) is 58.0 Å². The Morgan fingerprint density at radius 3 is 2.12 bits per heavy atom. The summed E-state index contributed by atoms with van der Waals surface area (Å²) < 4.78 is -1.95. The molecule has 0 saturated carbocycles. The molecule has 0 aromatic rings. The first-order valence-corrected chi connectivity index (χ1v) is 6.90. The molecule has 3 nitrogen and oxygen atoms in total. The molecule has 94 valence electrons. The number of alkyl halides is 5. The van der Waals surface area contributed by atoms with Gasteiger partial charge in [-0.3, -0.25) is 8.93 Å². The van der Waals surface area contributed by atoms with Gasteiger partial charge < -0.3 is 0 Å². The van der Waals surface area contributed by atoms with Gasteiger partial charge in [-0.15, -0.1) is 0 Å². The topological polar surface area (TPSA) is 18.8 Å². The maximum atomic E-state index is 6.13. The summed E-state index contributed by atoms with van der Waals surface area (Å²) in [6.45, 7) is 3.86. The third-order valence-corrected chi connectivity index (χ3v) is 5.01. The van der Waals surface area contributed by atoms with Crippen LogP contribution in [0.5, 0.6) is 0 Å². The number of hydrogen-bond donors (Lipinski definition) is 0. The third kappa shape index (κ3) is 2.78. The molecule has 16 heavy (non-hydrogen) atoms. The van der Waals surface area contributed by atoms with Crippen LogP contribution < -0.4 is 0 Å². The molecular formula is C7H9BrCl5N3. The molecule has 0 spiro atoms. The number of hydrogen-bond acceptors (Lipinski definition) is 3. The molecule has 0 radical (unpaired) electrons. The van der Waals surface area contributed by atoms with Crippen LogP contribution in [0, 0.1) is 0 Å². The normalized spacial score (nSPS) is 22.4. The van der Waals surface area contributed by atoms with Crippen molar-refractivity contribution in [2.75, 3.05) is 0 Å². The Labute approximate surface area is 128 Å². The highest BCUT2D eigenvalue weighted by atomic mass is 79.9. The van der Waals surface area contributed by atoms with Gasteiger partial charge >= 0.3 is 0 Å². The lowest BCUT2D eigenvalue weighted by atomic mass is 10.3. The van der Waals surface area contributed by atoms with Crippen LogP contribution in [0.2, 0.25) is 0 Å². The van der Waals surface area contributed by atoms with E-state index in [-0.39, 0.29) is 6.04 Å². The Morgan fingerprint density at radius 1 is 1.25 bits per heavy atom.